The predicted molar refractivity (Wildman–Crippen MR) is 105 cm³/mol. The summed E-state index contributed by atoms with van der Waals surface area (Å²) in [6, 6.07) is 13.7. The molecule has 1 aliphatic heterocycles. The van der Waals surface area contributed by atoms with Crippen LogP contribution in [-0.2, 0) is 21.4 Å². The van der Waals surface area contributed by atoms with Crippen molar-refractivity contribution < 1.29 is 22.7 Å². The third-order valence-electron chi connectivity index (χ3n) is 4.53. The molecule has 1 atom stereocenters. The van der Waals surface area contributed by atoms with Gasteiger partial charge in [-0.25, -0.2) is 8.42 Å². The van der Waals surface area contributed by atoms with Crippen molar-refractivity contribution in [1.29, 1.82) is 0 Å². The van der Waals surface area contributed by atoms with E-state index < -0.39 is 16.1 Å². The zero-order chi connectivity index (χ0) is 20.1. The van der Waals surface area contributed by atoms with Gasteiger partial charge in [0.1, 0.15) is 6.61 Å². The van der Waals surface area contributed by atoms with Crippen LogP contribution in [0.5, 0.6) is 11.5 Å². The van der Waals surface area contributed by atoms with Crippen LogP contribution in [0.3, 0.4) is 0 Å². The van der Waals surface area contributed by atoms with Crippen LogP contribution in [0.4, 0.5) is 0 Å². The lowest BCUT2D eigenvalue weighted by Gasteiger charge is -2.25. The van der Waals surface area contributed by atoms with Crippen molar-refractivity contribution in [2.24, 2.45) is 0 Å². The molecule has 1 N–H and O–H groups in total. The van der Waals surface area contributed by atoms with E-state index in [-0.39, 0.29) is 24.0 Å². The molecule has 28 heavy (non-hydrogen) atoms. The number of benzene rings is 2. The summed E-state index contributed by atoms with van der Waals surface area (Å²) in [5, 5.41) is 2.80. The Morgan fingerprint density at radius 1 is 1.07 bits per heavy atom. The Morgan fingerprint density at radius 3 is 2.36 bits per heavy atom. The molecule has 3 rings (SSSR count). The van der Waals surface area contributed by atoms with Gasteiger partial charge in [-0.2, -0.15) is 4.31 Å². The van der Waals surface area contributed by atoms with Crippen molar-refractivity contribution in [3.8, 4) is 11.5 Å². The number of para-hydroxylation sites is 2. The summed E-state index contributed by atoms with van der Waals surface area (Å²) >= 11 is 0. The summed E-state index contributed by atoms with van der Waals surface area (Å²) < 4.78 is 37.6. The maximum Gasteiger partial charge on any atom is 0.264 e. The first-order chi connectivity index (χ1) is 13.5. The molecular weight excluding hydrogens is 380 g/mol. The standard InChI is InChI=1S/C20H24N2O5S/c1-3-22(4-2)28(24,25)16-11-9-15(10-12-16)13-21-20(23)19-14-26-17-7-5-6-8-18(17)27-19/h5-12,19H,3-4,13-14H2,1-2H3,(H,21,23)/t19-/m1/s1. The quantitative estimate of drug-likeness (QED) is 0.765. The normalized spacial score (nSPS) is 16.0. The highest BCUT2D eigenvalue weighted by Gasteiger charge is 2.27. The maximum absolute atomic E-state index is 12.5. The van der Waals surface area contributed by atoms with E-state index in [9.17, 15) is 13.2 Å². The number of amides is 1. The lowest BCUT2D eigenvalue weighted by Crippen LogP contribution is -2.43. The first kappa shape index (κ1) is 20.2. The van der Waals surface area contributed by atoms with Gasteiger partial charge in [-0.3, -0.25) is 4.79 Å². The first-order valence-electron chi connectivity index (χ1n) is 9.21. The minimum atomic E-state index is -3.49. The molecule has 150 valence electrons. The van der Waals surface area contributed by atoms with Gasteiger partial charge in [0.15, 0.2) is 11.5 Å². The Balaban J connectivity index is 1.59. The summed E-state index contributed by atoms with van der Waals surface area (Å²) in [6.07, 6.45) is -0.725. The number of hydrogen-bond acceptors (Lipinski definition) is 5. The summed E-state index contributed by atoms with van der Waals surface area (Å²) in [5.41, 5.74) is 0.795. The Morgan fingerprint density at radius 2 is 1.71 bits per heavy atom. The highest BCUT2D eigenvalue weighted by molar-refractivity contribution is 7.89. The molecule has 1 heterocycles. The highest BCUT2D eigenvalue weighted by atomic mass is 32.2. The number of hydrogen-bond donors (Lipinski definition) is 1. The molecule has 0 unspecified atom stereocenters. The third-order valence-corrected chi connectivity index (χ3v) is 6.60. The van der Waals surface area contributed by atoms with Gasteiger partial charge in [-0.15, -0.1) is 0 Å². The number of carbonyl (C=O) groups is 1. The van der Waals surface area contributed by atoms with Crippen molar-refractivity contribution >= 4 is 15.9 Å². The van der Waals surface area contributed by atoms with Gasteiger partial charge in [0.2, 0.25) is 16.1 Å². The van der Waals surface area contributed by atoms with Crippen LogP contribution >= 0.6 is 0 Å². The van der Waals surface area contributed by atoms with Crippen LogP contribution in [0.1, 0.15) is 19.4 Å². The zero-order valence-corrected chi connectivity index (χ0v) is 16.7. The number of nitrogens with zero attached hydrogens (tertiary/aromatic N) is 1. The Labute approximate surface area is 165 Å². The van der Waals surface area contributed by atoms with Crippen LogP contribution in [0.15, 0.2) is 53.4 Å². The SMILES string of the molecule is CCN(CC)S(=O)(=O)c1ccc(CNC(=O)[C@H]2COc3ccccc3O2)cc1. The topological polar surface area (TPSA) is 84.9 Å². The van der Waals surface area contributed by atoms with Gasteiger partial charge < -0.3 is 14.8 Å². The van der Waals surface area contributed by atoms with Crippen LogP contribution in [-0.4, -0.2) is 44.4 Å². The molecule has 8 heteroatoms. The van der Waals surface area contributed by atoms with E-state index in [1.165, 1.54) is 4.31 Å². The van der Waals surface area contributed by atoms with Crippen molar-refractivity contribution in [3.05, 3.63) is 54.1 Å². The van der Waals surface area contributed by atoms with Gasteiger partial charge in [0.05, 0.1) is 4.90 Å². The van der Waals surface area contributed by atoms with Crippen LogP contribution in [0, 0.1) is 0 Å². The predicted octanol–water partition coefficient (Wildman–Crippen LogP) is 2.17. The van der Waals surface area contributed by atoms with E-state index in [0.717, 1.165) is 5.56 Å². The molecular formula is C20H24N2O5S. The molecule has 7 nitrogen and oxygen atoms in total. The molecule has 0 radical (unpaired) electrons. The Hall–Kier alpha value is -2.58. The number of nitrogens with one attached hydrogen (secondary N) is 1. The smallest absolute Gasteiger partial charge is 0.264 e. The van der Waals surface area contributed by atoms with E-state index in [2.05, 4.69) is 5.32 Å². The van der Waals surface area contributed by atoms with Crippen molar-refractivity contribution in [2.75, 3.05) is 19.7 Å². The molecule has 0 aromatic heterocycles. The van der Waals surface area contributed by atoms with E-state index in [1.807, 2.05) is 12.1 Å². The van der Waals surface area contributed by atoms with Crippen molar-refractivity contribution in [1.82, 2.24) is 9.62 Å². The van der Waals surface area contributed by atoms with Crippen LogP contribution < -0.4 is 14.8 Å². The van der Waals surface area contributed by atoms with Gasteiger partial charge in [-0.1, -0.05) is 38.1 Å². The van der Waals surface area contributed by atoms with E-state index in [0.29, 0.717) is 24.6 Å². The van der Waals surface area contributed by atoms with Gasteiger partial charge >= 0.3 is 0 Å². The fourth-order valence-electron chi connectivity index (χ4n) is 2.94. The molecule has 0 saturated heterocycles. The number of sulfonamides is 1. The van der Waals surface area contributed by atoms with E-state index >= 15 is 0 Å². The Bertz CT molecular complexity index is 924. The molecule has 2 aromatic carbocycles. The monoisotopic (exact) mass is 404 g/mol. The number of ether oxygens (including phenoxy) is 2. The van der Waals surface area contributed by atoms with Crippen molar-refractivity contribution in [3.63, 3.8) is 0 Å². The molecule has 0 aliphatic carbocycles. The lowest BCUT2D eigenvalue weighted by atomic mass is 10.2. The highest BCUT2D eigenvalue weighted by Crippen LogP contribution is 2.30. The molecule has 2 aromatic rings. The molecule has 0 fully saturated rings. The molecule has 1 amide bonds. The number of rotatable bonds is 7. The fraction of sp³-hybridized carbons (Fsp3) is 0.350. The minimum Gasteiger partial charge on any atom is -0.485 e. The minimum absolute atomic E-state index is 0.143. The van der Waals surface area contributed by atoms with Crippen LogP contribution in [0.2, 0.25) is 0 Å². The largest absolute Gasteiger partial charge is 0.485 e. The average molecular weight is 404 g/mol. The second-order valence-corrected chi connectivity index (χ2v) is 8.25. The molecule has 0 bridgehead atoms. The van der Waals surface area contributed by atoms with Gasteiger partial charge in [0, 0.05) is 19.6 Å². The first-order valence-corrected chi connectivity index (χ1v) is 10.6. The summed E-state index contributed by atoms with van der Waals surface area (Å²) in [7, 11) is -3.49. The summed E-state index contributed by atoms with van der Waals surface area (Å²) in [5.74, 6) is 0.880. The Kier molecular flexibility index (Phi) is 6.21. The van der Waals surface area contributed by atoms with E-state index in [4.69, 9.17) is 9.47 Å². The maximum atomic E-state index is 12.5. The second kappa shape index (κ2) is 8.62. The zero-order valence-electron chi connectivity index (χ0n) is 15.9. The third kappa shape index (κ3) is 4.28. The molecule has 1 aliphatic rings. The second-order valence-electron chi connectivity index (χ2n) is 6.32. The number of fused-ring (bicyclic) bond motifs is 1. The lowest BCUT2D eigenvalue weighted by molar-refractivity contribution is -0.130. The summed E-state index contributed by atoms with van der Waals surface area (Å²) in [6.45, 7) is 4.86. The summed E-state index contributed by atoms with van der Waals surface area (Å²) in [4.78, 5) is 12.6. The molecule has 0 spiro atoms. The number of carbonyl (C=O) groups excluding carboxylic acids is 1. The fourth-order valence-corrected chi connectivity index (χ4v) is 4.40. The average Bonchev–Trinajstić information content (AvgIpc) is 2.72. The van der Waals surface area contributed by atoms with Crippen molar-refractivity contribution in [2.45, 2.75) is 31.4 Å². The van der Waals surface area contributed by atoms with Gasteiger partial charge in [-0.05, 0) is 29.8 Å². The van der Waals surface area contributed by atoms with Gasteiger partial charge in [0.25, 0.3) is 5.91 Å². The molecule has 0 saturated carbocycles. The van der Waals surface area contributed by atoms with E-state index in [1.54, 1.807) is 50.2 Å². The van der Waals surface area contributed by atoms with Crippen LogP contribution in [0.25, 0.3) is 0 Å².